The van der Waals surface area contributed by atoms with Gasteiger partial charge in [-0.2, -0.15) is 0 Å². The predicted octanol–water partition coefficient (Wildman–Crippen LogP) is 3.71. The second kappa shape index (κ2) is 6.55. The van der Waals surface area contributed by atoms with Crippen molar-refractivity contribution in [2.75, 3.05) is 16.8 Å². The number of carbonyl (C=O) groups is 2. The molecule has 130 valence electrons. The van der Waals surface area contributed by atoms with E-state index in [0.717, 1.165) is 17.8 Å². The van der Waals surface area contributed by atoms with Gasteiger partial charge in [0.15, 0.2) is 0 Å². The Labute approximate surface area is 158 Å². The largest absolute Gasteiger partial charge is 0.312 e. The molecule has 6 nitrogen and oxygen atoms in total. The van der Waals surface area contributed by atoms with Gasteiger partial charge in [-0.1, -0.05) is 34.5 Å². The molecule has 0 radical (unpaired) electrons. The molecule has 1 aromatic heterocycles. The van der Waals surface area contributed by atoms with E-state index in [1.165, 1.54) is 11.3 Å². The van der Waals surface area contributed by atoms with E-state index in [4.69, 9.17) is 23.2 Å². The van der Waals surface area contributed by atoms with E-state index in [1.807, 2.05) is 0 Å². The topological polar surface area (TPSA) is 75.2 Å². The summed E-state index contributed by atoms with van der Waals surface area (Å²) in [6, 6.07) is 4.99. The van der Waals surface area contributed by atoms with Crippen LogP contribution in [-0.2, 0) is 9.59 Å². The van der Waals surface area contributed by atoms with Gasteiger partial charge in [0.2, 0.25) is 16.9 Å². The summed E-state index contributed by atoms with van der Waals surface area (Å²) in [7, 11) is 0. The highest BCUT2D eigenvalue weighted by Crippen LogP contribution is 2.42. The zero-order chi connectivity index (χ0) is 17.6. The number of aromatic nitrogens is 2. The summed E-state index contributed by atoms with van der Waals surface area (Å²) in [5.41, 5.74) is 0.640. The van der Waals surface area contributed by atoms with Crippen LogP contribution in [-0.4, -0.2) is 28.6 Å². The molecule has 1 atom stereocenters. The molecule has 0 spiro atoms. The molecule has 2 amide bonds. The van der Waals surface area contributed by atoms with Crippen LogP contribution in [0.5, 0.6) is 0 Å². The maximum atomic E-state index is 12.5. The summed E-state index contributed by atoms with van der Waals surface area (Å²) in [6.45, 7) is 0.302. The number of rotatable bonds is 4. The molecule has 1 unspecified atom stereocenters. The monoisotopic (exact) mass is 396 g/mol. The van der Waals surface area contributed by atoms with Crippen LogP contribution >= 0.6 is 34.5 Å². The Kier molecular flexibility index (Phi) is 4.39. The standard InChI is InChI=1S/C16H14Cl2N4O2S/c17-11-4-3-10(6-12(11)18)22-7-9(5-13(22)23)14(24)19-16-21-20-15(25-16)8-1-2-8/h3-4,6,8-9H,1-2,5,7H2,(H,19,21,24). The van der Waals surface area contributed by atoms with Crippen LogP contribution in [0.3, 0.4) is 0 Å². The first-order chi connectivity index (χ1) is 12.0. The number of nitrogens with zero attached hydrogens (tertiary/aromatic N) is 3. The fraction of sp³-hybridized carbons (Fsp3) is 0.375. The highest BCUT2D eigenvalue weighted by molar-refractivity contribution is 7.15. The van der Waals surface area contributed by atoms with Crippen LogP contribution in [0.25, 0.3) is 0 Å². The molecule has 2 fully saturated rings. The van der Waals surface area contributed by atoms with Gasteiger partial charge in [-0.3, -0.25) is 9.59 Å². The number of hydrogen-bond acceptors (Lipinski definition) is 5. The first-order valence-corrected chi connectivity index (χ1v) is 9.48. The SMILES string of the molecule is O=C(Nc1nnc(C2CC2)s1)C1CC(=O)N(c2ccc(Cl)c(Cl)c2)C1. The Hall–Kier alpha value is -1.70. The summed E-state index contributed by atoms with van der Waals surface area (Å²) in [4.78, 5) is 26.3. The highest BCUT2D eigenvalue weighted by Gasteiger charge is 2.36. The van der Waals surface area contributed by atoms with E-state index in [1.54, 1.807) is 23.1 Å². The fourth-order valence-electron chi connectivity index (χ4n) is 2.77. The summed E-state index contributed by atoms with van der Waals surface area (Å²) in [5.74, 6) is -0.263. The van der Waals surface area contributed by atoms with Gasteiger partial charge >= 0.3 is 0 Å². The molecule has 4 rings (SSSR count). The van der Waals surface area contributed by atoms with Crippen LogP contribution in [0.15, 0.2) is 18.2 Å². The average molecular weight is 397 g/mol. The van der Waals surface area contributed by atoms with Gasteiger partial charge in [0.1, 0.15) is 5.01 Å². The molecule has 1 saturated heterocycles. The number of halogens is 2. The Morgan fingerprint density at radius 3 is 2.76 bits per heavy atom. The molecular formula is C16H14Cl2N4O2S. The van der Waals surface area contributed by atoms with Crippen molar-refractivity contribution in [3.05, 3.63) is 33.3 Å². The van der Waals surface area contributed by atoms with E-state index in [0.29, 0.717) is 33.3 Å². The van der Waals surface area contributed by atoms with Crippen molar-refractivity contribution < 1.29 is 9.59 Å². The summed E-state index contributed by atoms with van der Waals surface area (Å²) < 4.78 is 0. The third kappa shape index (κ3) is 3.49. The normalized spacial score (nSPS) is 20.2. The minimum absolute atomic E-state index is 0.116. The van der Waals surface area contributed by atoms with Gasteiger partial charge in [0.25, 0.3) is 0 Å². The lowest BCUT2D eigenvalue weighted by molar-refractivity contribution is -0.122. The van der Waals surface area contributed by atoms with Gasteiger partial charge in [-0.25, -0.2) is 0 Å². The number of hydrogen-bond donors (Lipinski definition) is 1. The van der Waals surface area contributed by atoms with Crippen LogP contribution < -0.4 is 10.2 Å². The molecule has 2 aromatic rings. The molecule has 2 heterocycles. The first kappa shape index (κ1) is 16.8. The lowest BCUT2D eigenvalue weighted by Crippen LogP contribution is -2.28. The minimum atomic E-state index is -0.435. The Morgan fingerprint density at radius 2 is 2.04 bits per heavy atom. The van der Waals surface area contributed by atoms with Gasteiger partial charge in [-0.15, -0.1) is 10.2 Å². The highest BCUT2D eigenvalue weighted by atomic mass is 35.5. The molecule has 25 heavy (non-hydrogen) atoms. The minimum Gasteiger partial charge on any atom is -0.312 e. The molecule has 9 heteroatoms. The summed E-state index contributed by atoms with van der Waals surface area (Å²) in [6.07, 6.45) is 2.43. The van der Waals surface area contributed by atoms with E-state index >= 15 is 0 Å². The zero-order valence-electron chi connectivity index (χ0n) is 13.0. The lowest BCUT2D eigenvalue weighted by atomic mass is 10.1. The number of amides is 2. The second-order valence-electron chi connectivity index (χ2n) is 6.21. The molecule has 1 aliphatic heterocycles. The van der Waals surface area contributed by atoms with Crippen LogP contribution in [0.2, 0.25) is 10.0 Å². The van der Waals surface area contributed by atoms with Crippen molar-refractivity contribution in [1.29, 1.82) is 0 Å². The number of anilines is 2. The van der Waals surface area contributed by atoms with E-state index in [2.05, 4.69) is 15.5 Å². The third-order valence-electron chi connectivity index (χ3n) is 4.31. The second-order valence-corrected chi connectivity index (χ2v) is 8.04. The van der Waals surface area contributed by atoms with Crippen molar-refractivity contribution in [2.24, 2.45) is 5.92 Å². The quantitative estimate of drug-likeness (QED) is 0.854. The molecule has 2 aliphatic rings. The molecule has 0 bridgehead atoms. The summed E-state index contributed by atoms with van der Waals surface area (Å²) >= 11 is 13.3. The molecular weight excluding hydrogens is 383 g/mol. The molecule has 1 aromatic carbocycles. The smallest absolute Gasteiger partial charge is 0.231 e. The van der Waals surface area contributed by atoms with Gasteiger partial charge in [0.05, 0.1) is 16.0 Å². The lowest BCUT2D eigenvalue weighted by Gasteiger charge is -2.17. The van der Waals surface area contributed by atoms with Crippen molar-refractivity contribution in [3.63, 3.8) is 0 Å². The number of carbonyl (C=O) groups excluding carboxylic acids is 2. The molecule has 1 saturated carbocycles. The van der Waals surface area contributed by atoms with Crippen molar-refractivity contribution in [2.45, 2.75) is 25.2 Å². The van der Waals surface area contributed by atoms with Crippen LogP contribution in [0.1, 0.15) is 30.2 Å². The van der Waals surface area contributed by atoms with Gasteiger partial charge in [-0.05, 0) is 31.0 Å². The Bertz CT molecular complexity index is 852. The van der Waals surface area contributed by atoms with Crippen LogP contribution in [0, 0.1) is 5.92 Å². The van der Waals surface area contributed by atoms with Gasteiger partial charge in [0, 0.05) is 24.6 Å². The maximum Gasteiger partial charge on any atom is 0.231 e. The Balaban J connectivity index is 1.43. The van der Waals surface area contributed by atoms with Crippen LogP contribution in [0.4, 0.5) is 10.8 Å². The maximum absolute atomic E-state index is 12.5. The predicted molar refractivity (Wildman–Crippen MR) is 97.4 cm³/mol. The number of benzene rings is 1. The van der Waals surface area contributed by atoms with Gasteiger partial charge < -0.3 is 10.2 Å². The Morgan fingerprint density at radius 1 is 1.24 bits per heavy atom. The first-order valence-electron chi connectivity index (χ1n) is 7.91. The molecule has 1 N–H and O–H groups in total. The molecule has 1 aliphatic carbocycles. The van der Waals surface area contributed by atoms with E-state index in [-0.39, 0.29) is 18.2 Å². The number of nitrogens with one attached hydrogen (secondary N) is 1. The summed E-state index contributed by atoms with van der Waals surface area (Å²) in [5, 5.41) is 13.2. The van der Waals surface area contributed by atoms with Crippen molar-refractivity contribution in [1.82, 2.24) is 10.2 Å². The van der Waals surface area contributed by atoms with E-state index < -0.39 is 5.92 Å². The zero-order valence-corrected chi connectivity index (χ0v) is 15.4. The fourth-order valence-corrected chi connectivity index (χ4v) is 3.98. The van der Waals surface area contributed by atoms with Crippen molar-refractivity contribution >= 4 is 57.2 Å². The van der Waals surface area contributed by atoms with E-state index in [9.17, 15) is 9.59 Å². The third-order valence-corrected chi connectivity index (χ3v) is 6.05. The average Bonchev–Trinajstić information content (AvgIpc) is 3.21. The van der Waals surface area contributed by atoms with Crippen molar-refractivity contribution in [3.8, 4) is 0 Å².